The number of anilines is 1. The second-order valence-electron chi connectivity index (χ2n) is 5.17. The van der Waals surface area contributed by atoms with Crippen LogP contribution in [0.1, 0.15) is 0 Å². The van der Waals surface area contributed by atoms with Gasteiger partial charge in [0, 0.05) is 23.9 Å². The molecule has 2 aromatic carbocycles. The van der Waals surface area contributed by atoms with Gasteiger partial charge in [-0.2, -0.15) is 0 Å². The summed E-state index contributed by atoms with van der Waals surface area (Å²) in [4.78, 5) is 5.36. The van der Waals surface area contributed by atoms with Gasteiger partial charge in [0.25, 0.3) is 0 Å². The van der Waals surface area contributed by atoms with Crippen molar-refractivity contribution < 1.29 is 9.84 Å². The first-order chi connectivity index (χ1) is 9.83. The Kier molecular flexibility index (Phi) is 2.57. The molecule has 4 rings (SSSR count). The highest BCUT2D eigenvalue weighted by atomic mass is 16.5. The predicted octanol–water partition coefficient (Wildman–Crippen LogP) is 2.86. The highest BCUT2D eigenvalue weighted by Crippen LogP contribution is 2.36. The molecule has 0 aliphatic carbocycles. The van der Waals surface area contributed by atoms with E-state index in [2.05, 4.69) is 28.1 Å². The minimum Gasteiger partial charge on any atom is -0.494 e. The van der Waals surface area contributed by atoms with Gasteiger partial charge in [0.15, 0.2) is 5.88 Å². The van der Waals surface area contributed by atoms with Crippen LogP contribution < -0.4 is 4.90 Å². The van der Waals surface area contributed by atoms with Gasteiger partial charge in [-0.25, -0.2) is 0 Å². The smallest absolute Gasteiger partial charge is 0.198 e. The maximum atomic E-state index is 10.2. The van der Waals surface area contributed by atoms with Gasteiger partial charge in [0.1, 0.15) is 5.82 Å². The van der Waals surface area contributed by atoms with Crippen molar-refractivity contribution in [1.82, 2.24) is 4.98 Å². The molecule has 1 fully saturated rings. The third kappa shape index (κ3) is 1.72. The van der Waals surface area contributed by atoms with Gasteiger partial charge in [0.05, 0.1) is 13.2 Å². The van der Waals surface area contributed by atoms with E-state index in [4.69, 9.17) is 4.74 Å². The maximum Gasteiger partial charge on any atom is 0.198 e. The van der Waals surface area contributed by atoms with Crippen molar-refractivity contribution >= 4 is 27.4 Å². The SMILES string of the molecule is Oc1[nH]c(N2CCOCC2)c2cc3ccccc3cc12. The van der Waals surface area contributed by atoms with Crippen LogP contribution in [0.4, 0.5) is 5.82 Å². The average Bonchev–Trinajstić information content (AvgIpc) is 2.83. The molecule has 0 saturated carbocycles. The summed E-state index contributed by atoms with van der Waals surface area (Å²) in [5.74, 6) is 1.23. The summed E-state index contributed by atoms with van der Waals surface area (Å²) < 4.78 is 5.39. The van der Waals surface area contributed by atoms with Gasteiger partial charge in [-0.05, 0) is 22.9 Å². The maximum absolute atomic E-state index is 10.2. The van der Waals surface area contributed by atoms with Crippen molar-refractivity contribution in [2.24, 2.45) is 0 Å². The molecule has 1 aliphatic heterocycles. The van der Waals surface area contributed by atoms with E-state index in [0.717, 1.165) is 48.3 Å². The molecule has 2 N–H and O–H groups in total. The lowest BCUT2D eigenvalue weighted by Gasteiger charge is -2.27. The molecule has 0 atom stereocenters. The van der Waals surface area contributed by atoms with E-state index in [-0.39, 0.29) is 5.88 Å². The van der Waals surface area contributed by atoms with E-state index in [9.17, 15) is 5.11 Å². The third-order valence-electron chi connectivity index (χ3n) is 3.96. The number of hydrogen-bond acceptors (Lipinski definition) is 3. The largest absolute Gasteiger partial charge is 0.494 e. The van der Waals surface area contributed by atoms with Crippen molar-refractivity contribution in [2.75, 3.05) is 31.2 Å². The molecule has 2 heterocycles. The Balaban J connectivity index is 1.94. The Morgan fingerprint density at radius 3 is 2.35 bits per heavy atom. The summed E-state index contributed by atoms with van der Waals surface area (Å²) >= 11 is 0. The summed E-state index contributed by atoms with van der Waals surface area (Å²) in [5, 5.41) is 14.5. The van der Waals surface area contributed by atoms with E-state index in [1.54, 1.807) is 0 Å². The molecule has 1 saturated heterocycles. The minimum atomic E-state index is 0.243. The normalized spacial score (nSPS) is 16.1. The molecular weight excluding hydrogens is 252 g/mol. The van der Waals surface area contributed by atoms with Crippen LogP contribution in [0.2, 0.25) is 0 Å². The average molecular weight is 268 g/mol. The Bertz CT molecular complexity index is 773. The Hall–Kier alpha value is -2.20. The van der Waals surface area contributed by atoms with E-state index in [1.165, 1.54) is 5.39 Å². The molecule has 1 aliphatic rings. The van der Waals surface area contributed by atoms with Gasteiger partial charge in [-0.3, -0.25) is 0 Å². The zero-order valence-electron chi connectivity index (χ0n) is 11.1. The topological polar surface area (TPSA) is 48.5 Å². The van der Waals surface area contributed by atoms with Gasteiger partial charge in [-0.1, -0.05) is 24.3 Å². The molecular formula is C16H16N2O2. The van der Waals surface area contributed by atoms with E-state index >= 15 is 0 Å². The molecule has 4 nitrogen and oxygen atoms in total. The van der Waals surface area contributed by atoms with Crippen LogP contribution in [0.3, 0.4) is 0 Å². The number of morpholine rings is 1. The molecule has 0 amide bonds. The summed E-state index contributed by atoms with van der Waals surface area (Å²) in [5.41, 5.74) is 0. The lowest BCUT2D eigenvalue weighted by Crippen LogP contribution is -2.36. The van der Waals surface area contributed by atoms with Crippen molar-refractivity contribution in [3.05, 3.63) is 36.4 Å². The van der Waals surface area contributed by atoms with Crippen LogP contribution in [-0.2, 0) is 4.74 Å². The molecule has 20 heavy (non-hydrogen) atoms. The number of H-pyrrole nitrogens is 1. The Morgan fingerprint density at radius 1 is 1.00 bits per heavy atom. The number of aromatic hydroxyl groups is 1. The number of hydrogen-bond donors (Lipinski definition) is 2. The minimum absolute atomic E-state index is 0.243. The van der Waals surface area contributed by atoms with Crippen LogP contribution in [0.5, 0.6) is 5.88 Å². The molecule has 1 aromatic heterocycles. The molecule has 0 radical (unpaired) electrons. The number of rotatable bonds is 1. The lowest BCUT2D eigenvalue weighted by molar-refractivity contribution is 0.122. The highest BCUT2D eigenvalue weighted by Gasteiger charge is 2.18. The zero-order valence-corrected chi connectivity index (χ0v) is 11.1. The van der Waals surface area contributed by atoms with E-state index < -0.39 is 0 Å². The van der Waals surface area contributed by atoms with Crippen molar-refractivity contribution in [3.63, 3.8) is 0 Å². The molecule has 0 spiro atoms. The van der Waals surface area contributed by atoms with Crippen LogP contribution in [0.15, 0.2) is 36.4 Å². The van der Waals surface area contributed by atoms with Crippen molar-refractivity contribution in [2.45, 2.75) is 0 Å². The number of aromatic nitrogens is 1. The van der Waals surface area contributed by atoms with Gasteiger partial charge in [-0.15, -0.1) is 0 Å². The number of fused-ring (bicyclic) bond motifs is 2. The summed E-state index contributed by atoms with van der Waals surface area (Å²) in [7, 11) is 0. The first-order valence-electron chi connectivity index (χ1n) is 6.89. The Morgan fingerprint density at radius 2 is 1.65 bits per heavy atom. The zero-order chi connectivity index (χ0) is 13.5. The van der Waals surface area contributed by atoms with Crippen molar-refractivity contribution in [3.8, 4) is 5.88 Å². The lowest BCUT2D eigenvalue weighted by atomic mass is 10.1. The summed E-state index contributed by atoms with van der Waals surface area (Å²) in [6, 6.07) is 12.4. The number of nitrogens with zero attached hydrogens (tertiary/aromatic N) is 1. The van der Waals surface area contributed by atoms with Crippen LogP contribution in [0.25, 0.3) is 21.5 Å². The molecule has 4 heteroatoms. The molecule has 0 unspecified atom stereocenters. The standard InChI is InChI=1S/C16H16N2O2/c19-16-14-10-12-4-2-1-3-11(12)9-13(14)15(17-16)18-5-7-20-8-6-18/h1-4,9-10,17,19H,5-8H2. The van der Waals surface area contributed by atoms with Crippen molar-refractivity contribution in [1.29, 1.82) is 0 Å². The fourth-order valence-corrected chi connectivity index (χ4v) is 2.92. The van der Waals surface area contributed by atoms with Crippen LogP contribution in [-0.4, -0.2) is 36.4 Å². The van der Waals surface area contributed by atoms with Crippen LogP contribution >= 0.6 is 0 Å². The van der Waals surface area contributed by atoms with E-state index in [0.29, 0.717) is 0 Å². The van der Waals surface area contributed by atoms with Crippen LogP contribution in [0, 0.1) is 0 Å². The molecule has 3 aromatic rings. The van der Waals surface area contributed by atoms with E-state index in [1.807, 2.05) is 18.2 Å². The second-order valence-corrected chi connectivity index (χ2v) is 5.17. The summed E-state index contributed by atoms with van der Waals surface area (Å²) in [6.07, 6.45) is 0. The third-order valence-corrected chi connectivity index (χ3v) is 3.96. The Labute approximate surface area is 116 Å². The second kappa shape index (κ2) is 4.42. The van der Waals surface area contributed by atoms with Gasteiger partial charge < -0.3 is 19.7 Å². The van der Waals surface area contributed by atoms with Gasteiger partial charge >= 0.3 is 0 Å². The first-order valence-corrected chi connectivity index (χ1v) is 6.89. The number of nitrogens with one attached hydrogen (secondary N) is 1. The monoisotopic (exact) mass is 268 g/mol. The number of benzene rings is 2. The molecule has 0 bridgehead atoms. The first kappa shape index (κ1) is 11.6. The number of ether oxygens (including phenoxy) is 1. The summed E-state index contributed by atoms with van der Waals surface area (Å²) in [6.45, 7) is 3.16. The number of aromatic amines is 1. The fraction of sp³-hybridized carbons (Fsp3) is 0.250. The fourth-order valence-electron chi connectivity index (χ4n) is 2.92. The molecule has 102 valence electrons. The predicted molar refractivity (Wildman–Crippen MR) is 80.5 cm³/mol. The highest BCUT2D eigenvalue weighted by molar-refractivity contribution is 6.06. The quantitative estimate of drug-likeness (QED) is 0.713. The van der Waals surface area contributed by atoms with Gasteiger partial charge in [0.2, 0.25) is 0 Å².